The van der Waals surface area contributed by atoms with Crippen molar-refractivity contribution in [1.29, 1.82) is 0 Å². The molecule has 5 amide bonds. The van der Waals surface area contributed by atoms with Crippen LogP contribution in [0.15, 0.2) is 30.3 Å². The molecule has 4 atom stereocenters. The van der Waals surface area contributed by atoms with Crippen LogP contribution in [0.1, 0.15) is 24.8 Å². The predicted molar refractivity (Wildman–Crippen MR) is 132 cm³/mol. The maximum absolute atomic E-state index is 13.0. The molecule has 4 unspecified atom stereocenters. The van der Waals surface area contributed by atoms with Crippen LogP contribution < -0.4 is 33.2 Å². The van der Waals surface area contributed by atoms with Gasteiger partial charge in [0.1, 0.15) is 18.1 Å². The number of carbonyl (C=O) groups excluding carboxylic acids is 5. The van der Waals surface area contributed by atoms with Crippen LogP contribution in [0.4, 0.5) is 0 Å². The van der Waals surface area contributed by atoms with Gasteiger partial charge in [-0.15, -0.1) is 0 Å². The van der Waals surface area contributed by atoms with Crippen LogP contribution in [0.3, 0.4) is 0 Å². The first-order valence-corrected chi connectivity index (χ1v) is 12.3. The summed E-state index contributed by atoms with van der Waals surface area (Å²) in [4.78, 5) is 72.1. The number of hydrogen-bond donors (Lipinski definition) is 7. The van der Waals surface area contributed by atoms with Gasteiger partial charge < -0.3 is 38.3 Å². The number of benzene rings is 1. The van der Waals surface area contributed by atoms with E-state index in [0.29, 0.717) is 5.75 Å². The molecule has 1 aromatic rings. The van der Waals surface area contributed by atoms with Crippen LogP contribution in [-0.4, -0.2) is 76.8 Å². The number of nitrogens with one attached hydrogen (secondary N) is 3. The van der Waals surface area contributed by atoms with Crippen LogP contribution in [0.2, 0.25) is 0 Å². The highest BCUT2D eigenvalue weighted by molar-refractivity contribution is 7.98. The fourth-order valence-electron chi connectivity index (χ4n) is 3.10. The van der Waals surface area contributed by atoms with Gasteiger partial charge >= 0.3 is 5.97 Å². The fourth-order valence-corrected chi connectivity index (χ4v) is 3.57. The third kappa shape index (κ3) is 11.2. The molecule has 1 aromatic carbocycles. The maximum atomic E-state index is 13.0. The van der Waals surface area contributed by atoms with Crippen LogP contribution in [0, 0.1) is 0 Å². The monoisotopic (exact) mass is 524 g/mol. The lowest BCUT2D eigenvalue weighted by Crippen LogP contribution is -2.58. The van der Waals surface area contributed by atoms with Gasteiger partial charge in [-0.25, -0.2) is 4.79 Å². The summed E-state index contributed by atoms with van der Waals surface area (Å²) in [7, 11) is 0. The Morgan fingerprint density at radius 2 is 1.33 bits per heavy atom. The van der Waals surface area contributed by atoms with Crippen LogP contribution in [0.25, 0.3) is 0 Å². The minimum absolute atomic E-state index is 0.182. The first-order valence-electron chi connectivity index (χ1n) is 10.9. The Labute approximate surface area is 212 Å². The molecule has 0 aliphatic heterocycles. The van der Waals surface area contributed by atoms with E-state index in [2.05, 4.69) is 16.0 Å². The van der Waals surface area contributed by atoms with E-state index in [1.165, 1.54) is 11.8 Å². The molecule has 0 fully saturated rings. The minimum atomic E-state index is -1.68. The number of rotatable bonds is 16. The quantitative estimate of drug-likeness (QED) is 0.122. The Bertz CT molecular complexity index is 946. The predicted octanol–water partition coefficient (Wildman–Crippen LogP) is -2.40. The molecule has 0 aliphatic rings. The molecular weight excluding hydrogens is 492 g/mol. The van der Waals surface area contributed by atoms with Crippen LogP contribution >= 0.6 is 11.8 Å². The third-order valence-electron chi connectivity index (χ3n) is 4.94. The molecule has 0 aromatic heterocycles. The zero-order valence-electron chi connectivity index (χ0n) is 19.8. The SMILES string of the molecule is CSCCC(NC(=O)C(N)Cc1ccccc1)C(=O)NC(CC(N)=O)C(=O)NC(CC(N)=O)C(=O)O. The largest absolute Gasteiger partial charge is 0.480 e. The maximum Gasteiger partial charge on any atom is 0.326 e. The number of carboxylic acids is 1. The molecule has 0 saturated carbocycles. The molecule has 0 bridgehead atoms. The van der Waals surface area contributed by atoms with E-state index in [-0.39, 0.29) is 12.8 Å². The zero-order valence-corrected chi connectivity index (χ0v) is 20.6. The van der Waals surface area contributed by atoms with Gasteiger partial charge in [-0.05, 0) is 30.4 Å². The normalized spacial score (nSPS) is 13.9. The number of hydrogen-bond acceptors (Lipinski definition) is 8. The second-order valence-electron chi connectivity index (χ2n) is 7.94. The molecular formula is C22H32N6O7S. The number of nitrogens with two attached hydrogens (primary N) is 3. The Hall–Kier alpha value is -3.65. The summed E-state index contributed by atoms with van der Waals surface area (Å²) in [5.41, 5.74) is 17.0. The lowest BCUT2D eigenvalue weighted by Gasteiger charge is -2.24. The summed E-state index contributed by atoms with van der Waals surface area (Å²) in [6, 6.07) is 3.75. The van der Waals surface area contributed by atoms with E-state index >= 15 is 0 Å². The van der Waals surface area contributed by atoms with Gasteiger partial charge in [0.25, 0.3) is 0 Å². The zero-order chi connectivity index (χ0) is 27.3. The molecule has 198 valence electrons. The highest BCUT2D eigenvalue weighted by Gasteiger charge is 2.31. The molecule has 14 heteroatoms. The van der Waals surface area contributed by atoms with Gasteiger partial charge in [-0.1, -0.05) is 30.3 Å². The van der Waals surface area contributed by atoms with Gasteiger partial charge in [0.15, 0.2) is 0 Å². The molecule has 0 aliphatic carbocycles. The number of carboxylic acid groups (broad SMARTS) is 1. The van der Waals surface area contributed by atoms with Crippen LogP contribution in [-0.2, 0) is 35.2 Å². The third-order valence-corrected chi connectivity index (χ3v) is 5.58. The molecule has 10 N–H and O–H groups in total. The highest BCUT2D eigenvalue weighted by atomic mass is 32.2. The number of amides is 5. The van der Waals surface area contributed by atoms with Crippen LogP contribution in [0.5, 0.6) is 0 Å². The molecule has 0 radical (unpaired) electrons. The number of carbonyl (C=O) groups is 6. The number of aliphatic carboxylic acids is 1. The average molecular weight is 525 g/mol. The van der Waals surface area contributed by atoms with Crippen molar-refractivity contribution in [1.82, 2.24) is 16.0 Å². The standard InChI is InChI=1S/C22H32N6O7S/c1-36-8-7-14(26-19(31)13(23)9-12-5-3-2-4-6-12)20(32)27-15(10-17(24)29)21(33)28-16(22(34)35)11-18(25)30/h2-6,13-16H,7-11,23H2,1H3,(H2,24,29)(H2,25,30)(H,26,31)(H,27,32)(H,28,33)(H,34,35). The van der Waals surface area contributed by atoms with E-state index in [0.717, 1.165) is 5.56 Å². The fraction of sp³-hybridized carbons (Fsp3) is 0.455. The lowest BCUT2D eigenvalue weighted by molar-refractivity contribution is -0.144. The average Bonchev–Trinajstić information content (AvgIpc) is 2.80. The molecule has 1 rings (SSSR count). The van der Waals surface area contributed by atoms with Gasteiger partial charge in [0.05, 0.1) is 18.9 Å². The molecule has 36 heavy (non-hydrogen) atoms. The van der Waals surface area contributed by atoms with Gasteiger partial charge in [-0.3, -0.25) is 24.0 Å². The smallest absolute Gasteiger partial charge is 0.326 e. The Kier molecular flexibility index (Phi) is 13.0. The van der Waals surface area contributed by atoms with Crippen molar-refractivity contribution in [3.63, 3.8) is 0 Å². The van der Waals surface area contributed by atoms with Gasteiger partial charge in [-0.2, -0.15) is 11.8 Å². The van der Waals surface area contributed by atoms with Gasteiger partial charge in [0, 0.05) is 0 Å². The summed E-state index contributed by atoms with van der Waals surface area (Å²) in [5.74, 6) is -5.46. The topological polar surface area (TPSA) is 237 Å². The van der Waals surface area contributed by atoms with Crippen molar-refractivity contribution in [2.45, 2.75) is 49.9 Å². The lowest BCUT2D eigenvalue weighted by atomic mass is 10.1. The van der Waals surface area contributed by atoms with E-state index in [1.807, 2.05) is 6.07 Å². The van der Waals surface area contributed by atoms with Crippen molar-refractivity contribution in [2.75, 3.05) is 12.0 Å². The van der Waals surface area contributed by atoms with Crippen molar-refractivity contribution in [2.24, 2.45) is 17.2 Å². The Morgan fingerprint density at radius 3 is 1.86 bits per heavy atom. The second-order valence-corrected chi connectivity index (χ2v) is 8.93. The summed E-state index contributed by atoms with van der Waals surface area (Å²) in [6.07, 6.45) is 0.848. The van der Waals surface area contributed by atoms with E-state index in [1.54, 1.807) is 30.5 Å². The van der Waals surface area contributed by atoms with Crippen molar-refractivity contribution in [3.05, 3.63) is 35.9 Å². The molecule has 0 saturated heterocycles. The summed E-state index contributed by atoms with van der Waals surface area (Å²) >= 11 is 1.41. The summed E-state index contributed by atoms with van der Waals surface area (Å²) in [6.45, 7) is 0. The van der Waals surface area contributed by atoms with E-state index < -0.39 is 72.5 Å². The summed E-state index contributed by atoms with van der Waals surface area (Å²) in [5, 5.41) is 16.1. The number of thioether (sulfide) groups is 1. The molecule has 0 spiro atoms. The second kappa shape index (κ2) is 15.4. The summed E-state index contributed by atoms with van der Waals surface area (Å²) < 4.78 is 0. The van der Waals surface area contributed by atoms with E-state index in [9.17, 15) is 33.9 Å². The van der Waals surface area contributed by atoms with E-state index in [4.69, 9.17) is 17.2 Å². The number of primary amides is 2. The Morgan fingerprint density at radius 1 is 0.833 bits per heavy atom. The highest BCUT2D eigenvalue weighted by Crippen LogP contribution is 2.06. The van der Waals surface area contributed by atoms with Crippen molar-refractivity contribution < 1.29 is 33.9 Å². The van der Waals surface area contributed by atoms with Crippen molar-refractivity contribution in [3.8, 4) is 0 Å². The Balaban J connectivity index is 2.95. The van der Waals surface area contributed by atoms with Crippen molar-refractivity contribution >= 4 is 47.3 Å². The first-order chi connectivity index (χ1) is 16.9. The van der Waals surface area contributed by atoms with Gasteiger partial charge in [0.2, 0.25) is 29.5 Å². The minimum Gasteiger partial charge on any atom is -0.480 e. The first kappa shape index (κ1) is 30.4. The molecule has 13 nitrogen and oxygen atoms in total. The molecule has 0 heterocycles.